The van der Waals surface area contributed by atoms with Crippen LogP contribution in [0.3, 0.4) is 0 Å². The van der Waals surface area contributed by atoms with Gasteiger partial charge in [0, 0.05) is 28.2 Å². The maximum absolute atomic E-state index is 15.6. The van der Waals surface area contributed by atoms with Gasteiger partial charge < -0.3 is 5.11 Å². The first kappa shape index (κ1) is 19.2. The minimum absolute atomic E-state index is 0.0568. The second kappa shape index (κ2) is 7.22. The SMILES string of the molecule is O=C(CCc1ccc(Cl)cc1Cl)[C@]1(F)CC[C@@](O)(CF)c2ncccc21. The molecule has 1 aliphatic rings. The number of benzene rings is 1. The molecule has 3 nitrogen and oxygen atoms in total. The molecule has 0 unspecified atom stereocenters. The highest BCUT2D eigenvalue weighted by Gasteiger charge is 2.51. The first-order chi connectivity index (χ1) is 12.3. The molecule has 2 aromatic rings. The van der Waals surface area contributed by atoms with Crippen molar-refractivity contribution in [3.8, 4) is 0 Å². The molecule has 138 valence electrons. The van der Waals surface area contributed by atoms with E-state index in [1.54, 1.807) is 18.2 Å². The number of nitrogens with zero attached hydrogens (tertiary/aromatic N) is 1. The lowest BCUT2D eigenvalue weighted by Crippen LogP contribution is -2.44. The van der Waals surface area contributed by atoms with Gasteiger partial charge in [-0.2, -0.15) is 0 Å². The lowest BCUT2D eigenvalue weighted by molar-refractivity contribution is -0.135. The number of rotatable bonds is 5. The maximum atomic E-state index is 15.6. The summed E-state index contributed by atoms with van der Waals surface area (Å²) in [5.74, 6) is -0.640. The first-order valence-electron chi connectivity index (χ1n) is 8.20. The van der Waals surface area contributed by atoms with Crippen LogP contribution in [-0.2, 0) is 22.5 Å². The van der Waals surface area contributed by atoms with Crippen LogP contribution in [-0.4, -0.2) is 22.5 Å². The van der Waals surface area contributed by atoms with E-state index in [2.05, 4.69) is 4.98 Å². The predicted octanol–water partition coefficient (Wildman–Crippen LogP) is 4.71. The Balaban J connectivity index is 1.85. The van der Waals surface area contributed by atoms with E-state index in [0.29, 0.717) is 15.6 Å². The van der Waals surface area contributed by atoms with Crippen molar-refractivity contribution in [2.45, 2.75) is 37.0 Å². The van der Waals surface area contributed by atoms with Crippen LogP contribution in [0.25, 0.3) is 0 Å². The summed E-state index contributed by atoms with van der Waals surface area (Å²) in [7, 11) is 0. The van der Waals surface area contributed by atoms with Crippen LogP contribution >= 0.6 is 23.2 Å². The van der Waals surface area contributed by atoms with Gasteiger partial charge in [0.1, 0.15) is 12.3 Å². The number of hydrogen-bond acceptors (Lipinski definition) is 3. The molecule has 1 N–H and O–H groups in total. The molecule has 0 fully saturated rings. The number of ketones is 1. The van der Waals surface area contributed by atoms with E-state index in [1.807, 2.05) is 0 Å². The Labute approximate surface area is 160 Å². The molecule has 1 heterocycles. The zero-order valence-corrected chi connectivity index (χ0v) is 15.3. The highest BCUT2D eigenvalue weighted by molar-refractivity contribution is 6.35. The monoisotopic (exact) mass is 399 g/mol. The van der Waals surface area contributed by atoms with Gasteiger partial charge in [-0.05, 0) is 43.0 Å². The van der Waals surface area contributed by atoms with Gasteiger partial charge in [0.2, 0.25) is 0 Å². The number of hydrogen-bond donors (Lipinski definition) is 1. The minimum atomic E-state index is -2.30. The van der Waals surface area contributed by atoms with E-state index in [9.17, 15) is 14.3 Å². The quantitative estimate of drug-likeness (QED) is 0.791. The van der Waals surface area contributed by atoms with E-state index < -0.39 is 23.7 Å². The fourth-order valence-electron chi connectivity index (χ4n) is 3.32. The van der Waals surface area contributed by atoms with Crippen LogP contribution in [0, 0.1) is 0 Å². The molecule has 1 aromatic heterocycles. The summed E-state index contributed by atoms with van der Waals surface area (Å²) in [6.07, 6.45) is 1.02. The number of alkyl halides is 2. The van der Waals surface area contributed by atoms with E-state index in [-0.39, 0.29) is 36.9 Å². The van der Waals surface area contributed by atoms with Gasteiger partial charge in [0.05, 0.1) is 5.69 Å². The molecule has 7 heteroatoms. The van der Waals surface area contributed by atoms with E-state index >= 15 is 4.39 Å². The van der Waals surface area contributed by atoms with Crippen molar-refractivity contribution in [1.29, 1.82) is 0 Å². The molecular formula is C19H17Cl2F2NO2. The summed E-state index contributed by atoms with van der Waals surface area (Å²) in [5.41, 5.74) is -3.63. The standard InChI is InChI=1S/C19H17Cl2F2NO2/c20-13-5-3-12(15(21)10-13)4-6-16(25)19(23)8-7-18(26,11-22)17-14(19)2-1-9-24-17/h1-3,5,9-10,26H,4,6-8,11H2/t18-,19+/m1/s1. The Morgan fingerprint density at radius 1 is 1.27 bits per heavy atom. The van der Waals surface area contributed by atoms with Gasteiger partial charge in [-0.3, -0.25) is 9.78 Å². The number of carbonyl (C=O) groups is 1. The van der Waals surface area contributed by atoms with Crippen LogP contribution in [0.4, 0.5) is 8.78 Å². The highest BCUT2D eigenvalue weighted by Crippen LogP contribution is 2.46. The molecule has 0 spiro atoms. The first-order valence-corrected chi connectivity index (χ1v) is 8.96. The summed E-state index contributed by atoms with van der Waals surface area (Å²) < 4.78 is 28.9. The average Bonchev–Trinajstić information content (AvgIpc) is 2.64. The smallest absolute Gasteiger partial charge is 0.195 e. The number of Topliss-reactive ketones (excluding diaryl/α,β-unsaturated/α-hetero) is 1. The van der Waals surface area contributed by atoms with Crippen molar-refractivity contribution >= 4 is 29.0 Å². The molecule has 26 heavy (non-hydrogen) atoms. The van der Waals surface area contributed by atoms with Crippen molar-refractivity contribution in [2.75, 3.05) is 6.67 Å². The van der Waals surface area contributed by atoms with Crippen LogP contribution in [0.1, 0.15) is 36.1 Å². The molecule has 0 radical (unpaired) electrons. The van der Waals surface area contributed by atoms with Crippen molar-refractivity contribution in [3.63, 3.8) is 0 Å². The van der Waals surface area contributed by atoms with E-state index in [4.69, 9.17) is 23.2 Å². The third-order valence-electron chi connectivity index (χ3n) is 4.86. The molecule has 2 atom stereocenters. The molecular weight excluding hydrogens is 383 g/mol. The minimum Gasteiger partial charge on any atom is -0.381 e. The molecule has 3 rings (SSSR count). The summed E-state index contributed by atoms with van der Waals surface area (Å²) >= 11 is 11.9. The maximum Gasteiger partial charge on any atom is 0.195 e. The Morgan fingerprint density at radius 3 is 2.73 bits per heavy atom. The molecule has 0 aliphatic heterocycles. The molecule has 0 saturated carbocycles. The number of carbonyl (C=O) groups excluding carboxylic acids is 1. The fourth-order valence-corrected chi connectivity index (χ4v) is 3.82. The van der Waals surface area contributed by atoms with Crippen LogP contribution < -0.4 is 0 Å². The topological polar surface area (TPSA) is 50.2 Å². The van der Waals surface area contributed by atoms with Gasteiger partial charge in [-0.1, -0.05) is 35.3 Å². The Kier molecular flexibility index (Phi) is 5.33. The van der Waals surface area contributed by atoms with Crippen molar-refractivity contribution in [1.82, 2.24) is 4.98 Å². The normalized spacial score (nSPS) is 25.0. The third kappa shape index (κ3) is 3.36. The zero-order valence-electron chi connectivity index (χ0n) is 13.8. The number of fused-ring (bicyclic) bond motifs is 1. The molecule has 0 bridgehead atoms. The van der Waals surface area contributed by atoms with Gasteiger partial charge in [0.25, 0.3) is 0 Å². The fraction of sp³-hybridized carbons (Fsp3) is 0.368. The van der Waals surface area contributed by atoms with E-state index in [1.165, 1.54) is 18.3 Å². The van der Waals surface area contributed by atoms with Crippen LogP contribution in [0.15, 0.2) is 36.5 Å². The lowest BCUT2D eigenvalue weighted by atomic mass is 9.72. The number of aromatic nitrogens is 1. The number of aliphatic hydroxyl groups is 1. The van der Waals surface area contributed by atoms with Crippen molar-refractivity contribution in [3.05, 3.63) is 63.4 Å². The molecule has 0 saturated heterocycles. The Hall–Kier alpha value is -1.56. The predicted molar refractivity (Wildman–Crippen MR) is 95.9 cm³/mol. The zero-order chi connectivity index (χ0) is 18.9. The average molecular weight is 400 g/mol. The largest absolute Gasteiger partial charge is 0.381 e. The van der Waals surface area contributed by atoms with Crippen LogP contribution in [0.5, 0.6) is 0 Å². The van der Waals surface area contributed by atoms with Crippen LogP contribution in [0.2, 0.25) is 10.0 Å². The summed E-state index contributed by atoms with van der Waals surface area (Å²) in [4.78, 5) is 16.6. The van der Waals surface area contributed by atoms with Gasteiger partial charge in [-0.15, -0.1) is 0 Å². The Bertz CT molecular complexity index is 848. The lowest BCUT2D eigenvalue weighted by Gasteiger charge is -2.38. The summed E-state index contributed by atoms with van der Waals surface area (Å²) in [6, 6.07) is 7.77. The highest BCUT2D eigenvalue weighted by atomic mass is 35.5. The van der Waals surface area contributed by atoms with Gasteiger partial charge in [0.15, 0.2) is 11.5 Å². The Morgan fingerprint density at radius 2 is 2.04 bits per heavy atom. The summed E-state index contributed by atoms with van der Waals surface area (Å²) in [5, 5.41) is 11.3. The second-order valence-corrected chi connectivity index (χ2v) is 7.37. The second-order valence-electron chi connectivity index (χ2n) is 6.52. The summed E-state index contributed by atoms with van der Waals surface area (Å²) in [6.45, 7) is -1.08. The van der Waals surface area contributed by atoms with Crippen molar-refractivity contribution in [2.24, 2.45) is 0 Å². The molecule has 1 aromatic carbocycles. The van der Waals surface area contributed by atoms with Gasteiger partial charge in [-0.25, -0.2) is 8.78 Å². The number of halogens is 4. The van der Waals surface area contributed by atoms with E-state index in [0.717, 1.165) is 0 Å². The number of aryl methyl sites for hydroxylation is 1. The van der Waals surface area contributed by atoms with Crippen molar-refractivity contribution < 1.29 is 18.7 Å². The molecule has 1 aliphatic carbocycles. The number of pyridine rings is 1. The third-order valence-corrected chi connectivity index (χ3v) is 5.45. The van der Waals surface area contributed by atoms with Gasteiger partial charge >= 0.3 is 0 Å². The molecule has 0 amide bonds.